The number of hydrogen-bond acceptors (Lipinski definition) is 3. The standard InChI is InChI=1S/C19H14ClNO4S/c20-15-11-12-17(14-7-3-1-4-8-14)18(13-15)26(24,25)21(19(22)23)16-9-5-2-6-10-16/h1-13H,(H,22,23). The number of anilines is 1. The van der Waals surface area contributed by atoms with E-state index in [0.717, 1.165) is 0 Å². The average Bonchev–Trinajstić information content (AvgIpc) is 2.63. The Bertz CT molecular complexity index is 1040. The van der Waals surface area contributed by atoms with Crippen LogP contribution in [0.2, 0.25) is 5.02 Å². The Kier molecular flexibility index (Phi) is 4.97. The van der Waals surface area contributed by atoms with Crippen LogP contribution in [0.3, 0.4) is 0 Å². The Labute approximate surface area is 156 Å². The fourth-order valence-corrected chi connectivity index (χ4v) is 4.36. The second-order valence-electron chi connectivity index (χ2n) is 5.39. The van der Waals surface area contributed by atoms with Crippen molar-refractivity contribution in [2.75, 3.05) is 4.31 Å². The molecule has 0 aliphatic carbocycles. The summed E-state index contributed by atoms with van der Waals surface area (Å²) in [6.07, 6.45) is -1.60. The largest absolute Gasteiger partial charge is 0.464 e. The Morgan fingerprint density at radius 1 is 0.885 bits per heavy atom. The number of carbonyl (C=O) groups is 1. The molecule has 0 radical (unpaired) electrons. The lowest BCUT2D eigenvalue weighted by Gasteiger charge is -2.21. The molecule has 1 N–H and O–H groups in total. The van der Waals surface area contributed by atoms with Crippen molar-refractivity contribution in [2.24, 2.45) is 0 Å². The highest BCUT2D eigenvalue weighted by atomic mass is 35.5. The summed E-state index contributed by atoms with van der Waals surface area (Å²) in [6.45, 7) is 0. The minimum atomic E-state index is -4.41. The summed E-state index contributed by atoms with van der Waals surface area (Å²) in [4.78, 5) is 11.6. The summed E-state index contributed by atoms with van der Waals surface area (Å²) in [5.74, 6) is 0. The van der Waals surface area contributed by atoms with E-state index in [1.807, 2.05) is 0 Å². The van der Waals surface area contributed by atoms with Crippen molar-refractivity contribution < 1.29 is 18.3 Å². The minimum absolute atomic E-state index is 0.0268. The maximum atomic E-state index is 13.2. The summed E-state index contributed by atoms with van der Waals surface area (Å²) >= 11 is 6.01. The number of sulfonamides is 1. The molecule has 0 fully saturated rings. The fourth-order valence-electron chi connectivity index (χ4n) is 2.58. The van der Waals surface area contributed by atoms with E-state index >= 15 is 0 Å². The molecule has 0 bridgehead atoms. The third kappa shape index (κ3) is 3.42. The van der Waals surface area contributed by atoms with Crippen LogP contribution < -0.4 is 4.31 Å². The van der Waals surface area contributed by atoms with Gasteiger partial charge >= 0.3 is 6.09 Å². The molecular weight excluding hydrogens is 374 g/mol. The van der Waals surface area contributed by atoms with Crippen molar-refractivity contribution >= 4 is 33.4 Å². The van der Waals surface area contributed by atoms with Gasteiger partial charge in [-0.05, 0) is 29.8 Å². The van der Waals surface area contributed by atoms with Crippen molar-refractivity contribution in [3.63, 3.8) is 0 Å². The van der Waals surface area contributed by atoms with Crippen LogP contribution in [0.5, 0.6) is 0 Å². The smallest absolute Gasteiger partial charge is 0.426 e. The van der Waals surface area contributed by atoms with Crippen molar-refractivity contribution in [2.45, 2.75) is 4.90 Å². The number of nitrogens with zero attached hydrogens (tertiary/aromatic N) is 1. The first-order valence-corrected chi connectivity index (χ1v) is 9.41. The molecule has 0 saturated carbocycles. The van der Waals surface area contributed by atoms with E-state index in [1.54, 1.807) is 60.7 Å². The van der Waals surface area contributed by atoms with Crippen molar-refractivity contribution in [1.82, 2.24) is 0 Å². The van der Waals surface area contributed by atoms with Crippen LogP contribution >= 0.6 is 11.6 Å². The summed E-state index contributed by atoms with van der Waals surface area (Å²) in [5.41, 5.74) is 1.04. The van der Waals surface area contributed by atoms with E-state index in [4.69, 9.17) is 11.6 Å². The molecule has 1 amide bonds. The number of benzene rings is 3. The lowest BCUT2D eigenvalue weighted by molar-refractivity contribution is 0.206. The van der Waals surface area contributed by atoms with Crippen molar-refractivity contribution in [1.29, 1.82) is 0 Å². The van der Waals surface area contributed by atoms with E-state index in [1.165, 1.54) is 18.2 Å². The fraction of sp³-hybridized carbons (Fsp3) is 0. The van der Waals surface area contributed by atoms with E-state index in [0.29, 0.717) is 15.4 Å². The van der Waals surface area contributed by atoms with Crippen LogP contribution in [0.15, 0.2) is 83.8 Å². The number of hydrogen-bond donors (Lipinski definition) is 1. The molecule has 0 aliphatic rings. The zero-order valence-corrected chi connectivity index (χ0v) is 15.0. The molecule has 7 heteroatoms. The van der Waals surface area contributed by atoms with Gasteiger partial charge in [-0.15, -0.1) is 0 Å². The third-order valence-corrected chi connectivity index (χ3v) is 5.69. The zero-order valence-electron chi connectivity index (χ0n) is 13.4. The molecule has 26 heavy (non-hydrogen) atoms. The first-order valence-electron chi connectivity index (χ1n) is 7.59. The second kappa shape index (κ2) is 7.19. The molecule has 0 saturated heterocycles. The molecule has 0 heterocycles. The topological polar surface area (TPSA) is 74.7 Å². The van der Waals surface area contributed by atoms with Gasteiger partial charge < -0.3 is 5.11 Å². The Balaban J connectivity index is 2.24. The monoisotopic (exact) mass is 387 g/mol. The number of halogens is 1. The first kappa shape index (κ1) is 18.0. The molecule has 3 aromatic rings. The van der Waals surface area contributed by atoms with Gasteiger partial charge in [0.25, 0.3) is 10.0 Å². The van der Waals surface area contributed by atoms with E-state index in [-0.39, 0.29) is 15.6 Å². The SMILES string of the molecule is O=C(O)N(c1ccccc1)S(=O)(=O)c1cc(Cl)ccc1-c1ccccc1. The highest BCUT2D eigenvalue weighted by Gasteiger charge is 2.33. The molecule has 132 valence electrons. The molecule has 3 rings (SSSR count). The average molecular weight is 388 g/mol. The van der Waals surface area contributed by atoms with Crippen LogP contribution in [0, 0.1) is 0 Å². The summed E-state index contributed by atoms with van der Waals surface area (Å²) < 4.78 is 26.8. The normalized spacial score (nSPS) is 11.1. The van der Waals surface area contributed by atoms with E-state index in [2.05, 4.69) is 0 Å². The van der Waals surface area contributed by atoms with Crippen LogP contribution in [0.25, 0.3) is 11.1 Å². The van der Waals surface area contributed by atoms with Gasteiger partial charge in [-0.1, -0.05) is 66.2 Å². The Hall–Kier alpha value is -2.83. The lowest BCUT2D eigenvalue weighted by Crippen LogP contribution is -2.36. The van der Waals surface area contributed by atoms with Crippen LogP contribution in [-0.4, -0.2) is 19.6 Å². The third-order valence-electron chi connectivity index (χ3n) is 3.71. The number of carboxylic acid groups (broad SMARTS) is 1. The molecule has 0 spiro atoms. The first-order chi connectivity index (χ1) is 12.4. The minimum Gasteiger partial charge on any atom is -0.464 e. The zero-order chi connectivity index (χ0) is 18.7. The van der Waals surface area contributed by atoms with Gasteiger partial charge in [0.15, 0.2) is 0 Å². The van der Waals surface area contributed by atoms with Crippen LogP contribution in [-0.2, 0) is 10.0 Å². The predicted octanol–water partition coefficient (Wildman–Crippen LogP) is 4.88. The van der Waals surface area contributed by atoms with Crippen LogP contribution in [0.4, 0.5) is 10.5 Å². The van der Waals surface area contributed by atoms with Gasteiger partial charge in [-0.25, -0.2) is 13.2 Å². The molecule has 0 aliphatic heterocycles. The van der Waals surface area contributed by atoms with Crippen LogP contribution in [0.1, 0.15) is 0 Å². The van der Waals surface area contributed by atoms with Gasteiger partial charge in [-0.3, -0.25) is 0 Å². The predicted molar refractivity (Wildman–Crippen MR) is 101 cm³/mol. The quantitative estimate of drug-likeness (QED) is 0.692. The molecule has 5 nitrogen and oxygen atoms in total. The molecular formula is C19H14ClNO4S. The number of amides is 1. The second-order valence-corrected chi connectivity index (χ2v) is 7.59. The number of rotatable bonds is 4. The van der Waals surface area contributed by atoms with E-state index in [9.17, 15) is 18.3 Å². The van der Waals surface area contributed by atoms with Gasteiger partial charge in [0.05, 0.1) is 10.6 Å². The Morgan fingerprint density at radius 3 is 2.04 bits per heavy atom. The molecule has 3 aromatic carbocycles. The lowest BCUT2D eigenvalue weighted by atomic mass is 10.1. The van der Waals surface area contributed by atoms with Gasteiger partial charge in [0.2, 0.25) is 0 Å². The maximum Gasteiger partial charge on any atom is 0.426 e. The van der Waals surface area contributed by atoms with Crippen molar-refractivity contribution in [3.8, 4) is 11.1 Å². The number of para-hydroxylation sites is 1. The van der Waals surface area contributed by atoms with E-state index < -0.39 is 16.1 Å². The molecule has 0 aromatic heterocycles. The van der Waals surface area contributed by atoms with Gasteiger partial charge in [-0.2, -0.15) is 4.31 Å². The summed E-state index contributed by atoms with van der Waals surface area (Å²) in [6, 6.07) is 20.9. The van der Waals surface area contributed by atoms with Crippen molar-refractivity contribution in [3.05, 3.63) is 83.9 Å². The van der Waals surface area contributed by atoms with Gasteiger partial charge in [0, 0.05) is 10.6 Å². The summed E-state index contributed by atoms with van der Waals surface area (Å²) in [5, 5.41) is 9.76. The highest BCUT2D eigenvalue weighted by Crippen LogP contribution is 2.33. The van der Waals surface area contributed by atoms with Gasteiger partial charge in [0.1, 0.15) is 0 Å². The molecule has 0 unspecified atom stereocenters. The Morgan fingerprint density at radius 2 is 1.46 bits per heavy atom. The summed E-state index contributed by atoms with van der Waals surface area (Å²) in [7, 11) is -4.41. The maximum absolute atomic E-state index is 13.2. The highest BCUT2D eigenvalue weighted by molar-refractivity contribution is 7.93. The molecule has 0 atom stereocenters.